The van der Waals surface area contributed by atoms with Gasteiger partial charge in [0.1, 0.15) is 11.3 Å². The van der Waals surface area contributed by atoms with E-state index in [0.29, 0.717) is 17.0 Å². The van der Waals surface area contributed by atoms with Gasteiger partial charge in [0.15, 0.2) is 5.65 Å². The molecule has 0 spiro atoms. The van der Waals surface area contributed by atoms with Crippen LogP contribution in [0.15, 0.2) is 35.5 Å². The van der Waals surface area contributed by atoms with Gasteiger partial charge in [0, 0.05) is 4.90 Å². The molecule has 0 amide bonds. The summed E-state index contributed by atoms with van der Waals surface area (Å²) in [7, 11) is 0. The first-order valence-corrected chi connectivity index (χ1v) is 6.78. The van der Waals surface area contributed by atoms with Crippen molar-refractivity contribution in [2.24, 2.45) is 0 Å². The van der Waals surface area contributed by atoms with Crippen LogP contribution in [0.1, 0.15) is 0 Å². The molecule has 0 unspecified atom stereocenters. The third-order valence-electron chi connectivity index (χ3n) is 2.55. The minimum Gasteiger partial charge on any atom is -0.436 e. The van der Waals surface area contributed by atoms with Crippen LogP contribution >= 0.6 is 11.8 Å². The maximum absolute atomic E-state index is 5.83. The highest BCUT2D eigenvalue weighted by Crippen LogP contribution is 2.32. The monoisotopic (exact) mass is 273 g/mol. The summed E-state index contributed by atoms with van der Waals surface area (Å²) < 4.78 is 5.83. The third kappa shape index (κ3) is 2.19. The lowest BCUT2D eigenvalue weighted by atomic mass is 10.3. The van der Waals surface area contributed by atoms with Crippen LogP contribution in [0.5, 0.6) is 11.6 Å². The average molecular weight is 273 g/mol. The van der Waals surface area contributed by atoms with Crippen molar-refractivity contribution in [1.29, 1.82) is 0 Å². The molecule has 0 fully saturated rings. The van der Waals surface area contributed by atoms with Crippen molar-refractivity contribution in [2.75, 3.05) is 12.0 Å². The SMILES string of the molecule is CSc1ccccc1Oc1nc(N)nc2nc[nH]c12. The van der Waals surface area contributed by atoms with Gasteiger partial charge in [-0.15, -0.1) is 11.8 Å². The van der Waals surface area contributed by atoms with Crippen LogP contribution in [0.2, 0.25) is 0 Å². The van der Waals surface area contributed by atoms with Crippen LogP contribution in [0.25, 0.3) is 11.2 Å². The van der Waals surface area contributed by atoms with Crippen molar-refractivity contribution in [2.45, 2.75) is 4.90 Å². The molecule has 2 aromatic heterocycles. The Labute approximate surface area is 113 Å². The Kier molecular flexibility index (Phi) is 2.96. The summed E-state index contributed by atoms with van der Waals surface area (Å²) in [6.07, 6.45) is 3.52. The number of ether oxygens (including phenoxy) is 1. The number of nitrogens with two attached hydrogens (primary N) is 1. The fourth-order valence-electron chi connectivity index (χ4n) is 1.70. The second kappa shape index (κ2) is 4.77. The molecule has 1 aromatic carbocycles. The quantitative estimate of drug-likeness (QED) is 0.712. The van der Waals surface area contributed by atoms with Crippen LogP contribution < -0.4 is 10.5 Å². The molecule has 0 radical (unpaired) electrons. The predicted octanol–water partition coefficient (Wildman–Crippen LogP) is 2.45. The Bertz CT molecular complexity index is 727. The zero-order chi connectivity index (χ0) is 13.2. The maximum atomic E-state index is 5.83. The van der Waals surface area contributed by atoms with E-state index in [-0.39, 0.29) is 5.95 Å². The summed E-state index contributed by atoms with van der Waals surface area (Å²) >= 11 is 1.60. The Morgan fingerprint density at radius 1 is 1.26 bits per heavy atom. The number of thioether (sulfide) groups is 1. The van der Waals surface area contributed by atoms with Crippen LogP contribution in [-0.4, -0.2) is 26.2 Å². The number of nitrogens with one attached hydrogen (secondary N) is 1. The van der Waals surface area contributed by atoms with Crippen LogP contribution in [0, 0.1) is 0 Å². The largest absolute Gasteiger partial charge is 0.436 e. The highest BCUT2D eigenvalue weighted by Gasteiger charge is 2.12. The van der Waals surface area contributed by atoms with Crippen LogP contribution in [-0.2, 0) is 0 Å². The van der Waals surface area contributed by atoms with Crippen molar-refractivity contribution in [1.82, 2.24) is 19.9 Å². The molecular weight excluding hydrogens is 262 g/mol. The second-order valence-electron chi connectivity index (χ2n) is 3.74. The number of H-pyrrole nitrogens is 1. The van der Waals surface area contributed by atoms with E-state index >= 15 is 0 Å². The van der Waals surface area contributed by atoms with Gasteiger partial charge in [-0.1, -0.05) is 12.1 Å². The van der Waals surface area contributed by atoms with E-state index in [4.69, 9.17) is 10.5 Å². The van der Waals surface area contributed by atoms with Gasteiger partial charge < -0.3 is 15.5 Å². The van der Waals surface area contributed by atoms with Crippen molar-refractivity contribution in [3.05, 3.63) is 30.6 Å². The van der Waals surface area contributed by atoms with Gasteiger partial charge in [-0.3, -0.25) is 0 Å². The van der Waals surface area contributed by atoms with Gasteiger partial charge in [0.2, 0.25) is 5.95 Å². The summed E-state index contributed by atoms with van der Waals surface area (Å²) in [6.45, 7) is 0. The fourth-order valence-corrected chi connectivity index (χ4v) is 2.23. The molecule has 0 saturated heterocycles. The molecule has 3 aromatic rings. The number of fused-ring (bicyclic) bond motifs is 1. The van der Waals surface area contributed by atoms with E-state index in [2.05, 4.69) is 19.9 Å². The smallest absolute Gasteiger partial charge is 0.250 e. The molecule has 0 atom stereocenters. The Morgan fingerprint density at radius 3 is 2.95 bits per heavy atom. The number of imidazole rings is 1. The number of hydrogen-bond donors (Lipinski definition) is 2. The van der Waals surface area contributed by atoms with Crippen molar-refractivity contribution in [3.8, 4) is 11.6 Å². The number of para-hydroxylation sites is 1. The molecule has 0 aliphatic heterocycles. The van der Waals surface area contributed by atoms with Gasteiger partial charge in [0.25, 0.3) is 5.88 Å². The molecule has 0 bridgehead atoms. The average Bonchev–Trinajstić information content (AvgIpc) is 2.87. The highest BCUT2D eigenvalue weighted by atomic mass is 32.2. The topological polar surface area (TPSA) is 89.7 Å². The van der Waals surface area contributed by atoms with E-state index in [9.17, 15) is 0 Å². The molecule has 96 valence electrons. The minimum atomic E-state index is 0.135. The second-order valence-corrected chi connectivity index (χ2v) is 4.59. The van der Waals surface area contributed by atoms with E-state index < -0.39 is 0 Å². The summed E-state index contributed by atoms with van der Waals surface area (Å²) in [4.78, 5) is 16.2. The Morgan fingerprint density at radius 2 is 2.11 bits per heavy atom. The molecule has 0 aliphatic rings. The van der Waals surface area contributed by atoms with Crippen molar-refractivity contribution >= 4 is 28.9 Å². The minimum absolute atomic E-state index is 0.135. The molecule has 3 N–H and O–H groups in total. The zero-order valence-corrected chi connectivity index (χ0v) is 10.9. The molecule has 3 rings (SSSR count). The van der Waals surface area contributed by atoms with E-state index in [1.54, 1.807) is 11.8 Å². The molecular formula is C12H11N5OS. The number of anilines is 1. The summed E-state index contributed by atoms with van der Waals surface area (Å²) in [6, 6.07) is 7.73. The molecule has 0 saturated carbocycles. The summed E-state index contributed by atoms with van der Waals surface area (Å²) in [5.41, 5.74) is 6.77. The first kappa shape index (κ1) is 11.8. The maximum Gasteiger partial charge on any atom is 0.250 e. The number of hydrogen-bond acceptors (Lipinski definition) is 6. The lowest BCUT2D eigenvalue weighted by Crippen LogP contribution is -1.98. The van der Waals surface area contributed by atoms with E-state index in [1.165, 1.54) is 6.33 Å². The van der Waals surface area contributed by atoms with Gasteiger partial charge in [-0.2, -0.15) is 9.97 Å². The summed E-state index contributed by atoms with van der Waals surface area (Å²) in [5, 5.41) is 0. The Balaban J connectivity index is 2.07. The molecule has 19 heavy (non-hydrogen) atoms. The number of aromatic nitrogens is 4. The fraction of sp³-hybridized carbons (Fsp3) is 0.0833. The normalized spacial score (nSPS) is 10.8. The number of benzene rings is 1. The predicted molar refractivity (Wildman–Crippen MR) is 74.4 cm³/mol. The van der Waals surface area contributed by atoms with Gasteiger partial charge in [0.05, 0.1) is 6.33 Å². The standard InChI is InChI=1S/C12H11N5OS/c1-19-8-5-3-2-4-7(8)18-11-9-10(15-6-14-9)16-12(13)17-11/h2-6H,1H3,(H3,13,14,15,16,17). The highest BCUT2D eigenvalue weighted by molar-refractivity contribution is 7.98. The molecule has 2 heterocycles. The number of rotatable bonds is 3. The van der Waals surface area contributed by atoms with E-state index in [0.717, 1.165) is 10.6 Å². The number of aromatic amines is 1. The molecule has 7 heteroatoms. The van der Waals surface area contributed by atoms with Crippen LogP contribution in [0.4, 0.5) is 5.95 Å². The van der Waals surface area contributed by atoms with Gasteiger partial charge >= 0.3 is 0 Å². The lowest BCUT2D eigenvalue weighted by Gasteiger charge is -2.09. The Hall–Kier alpha value is -2.28. The number of nitrogen functional groups attached to an aromatic ring is 1. The molecule has 6 nitrogen and oxygen atoms in total. The van der Waals surface area contributed by atoms with Crippen LogP contribution in [0.3, 0.4) is 0 Å². The zero-order valence-electron chi connectivity index (χ0n) is 10.1. The van der Waals surface area contributed by atoms with Crippen molar-refractivity contribution < 1.29 is 4.74 Å². The van der Waals surface area contributed by atoms with Crippen molar-refractivity contribution in [3.63, 3.8) is 0 Å². The lowest BCUT2D eigenvalue weighted by molar-refractivity contribution is 0.457. The van der Waals surface area contributed by atoms with E-state index in [1.807, 2.05) is 30.5 Å². The molecule has 0 aliphatic carbocycles. The van der Waals surface area contributed by atoms with Gasteiger partial charge in [-0.25, -0.2) is 4.98 Å². The first-order chi connectivity index (χ1) is 9.28. The number of nitrogens with zero attached hydrogens (tertiary/aromatic N) is 3. The first-order valence-electron chi connectivity index (χ1n) is 5.55. The summed E-state index contributed by atoms with van der Waals surface area (Å²) in [5.74, 6) is 1.24. The van der Waals surface area contributed by atoms with Gasteiger partial charge in [-0.05, 0) is 18.4 Å². The third-order valence-corrected chi connectivity index (χ3v) is 3.32.